The zero-order valence-corrected chi connectivity index (χ0v) is 11.9. The van der Waals surface area contributed by atoms with E-state index >= 15 is 0 Å². The normalized spacial score (nSPS) is 15.6. The number of non-ortho nitro benzene ring substituents is 1. The molecule has 0 amide bonds. The van der Waals surface area contributed by atoms with Crippen molar-refractivity contribution >= 4 is 5.69 Å². The van der Waals surface area contributed by atoms with E-state index in [-0.39, 0.29) is 24.9 Å². The second kappa shape index (κ2) is 7.33. The molecule has 0 saturated carbocycles. The fourth-order valence-electron chi connectivity index (χ4n) is 1.93. The molecule has 1 aromatic rings. The van der Waals surface area contributed by atoms with Gasteiger partial charge in [-0.15, -0.1) is 0 Å². The molecule has 112 valence electrons. The number of nitrogens with zero attached hydrogens (tertiary/aromatic N) is 1. The molecule has 20 heavy (non-hydrogen) atoms. The van der Waals surface area contributed by atoms with E-state index in [0.29, 0.717) is 0 Å². The molecule has 0 radical (unpaired) electrons. The minimum Gasteiger partial charge on any atom is -0.393 e. The molecule has 1 aromatic carbocycles. The van der Waals surface area contributed by atoms with Crippen LogP contribution in [-0.2, 0) is 0 Å². The highest BCUT2D eigenvalue weighted by Crippen LogP contribution is 2.23. The van der Waals surface area contributed by atoms with Gasteiger partial charge in [-0.1, -0.05) is 25.5 Å². The number of nitro groups is 1. The van der Waals surface area contributed by atoms with Gasteiger partial charge >= 0.3 is 0 Å². The van der Waals surface area contributed by atoms with Gasteiger partial charge in [-0.05, 0) is 18.9 Å². The van der Waals surface area contributed by atoms with Crippen molar-refractivity contribution in [2.75, 3.05) is 13.2 Å². The highest BCUT2D eigenvalue weighted by atomic mass is 16.6. The summed E-state index contributed by atoms with van der Waals surface area (Å²) in [4.78, 5) is 10.4. The van der Waals surface area contributed by atoms with Gasteiger partial charge in [0, 0.05) is 24.7 Å². The first-order chi connectivity index (χ1) is 9.39. The van der Waals surface area contributed by atoms with Crippen molar-refractivity contribution < 1.29 is 15.1 Å². The highest BCUT2D eigenvalue weighted by molar-refractivity contribution is 5.35. The van der Waals surface area contributed by atoms with Gasteiger partial charge in [0.1, 0.15) is 0 Å². The van der Waals surface area contributed by atoms with Crippen molar-refractivity contribution in [1.82, 2.24) is 5.32 Å². The molecule has 6 nitrogen and oxygen atoms in total. The van der Waals surface area contributed by atoms with Crippen LogP contribution in [0.1, 0.15) is 38.3 Å². The molecule has 3 N–H and O–H groups in total. The third kappa shape index (κ3) is 4.88. The van der Waals surface area contributed by atoms with Crippen molar-refractivity contribution in [3.63, 3.8) is 0 Å². The molecule has 2 atom stereocenters. The lowest BCUT2D eigenvalue weighted by atomic mass is 10.00. The summed E-state index contributed by atoms with van der Waals surface area (Å²) in [5.74, 6) is 0. The van der Waals surface area contributed by atoms with Gasteiger partial charge in [0.05, 0.1) is 17.1 Å². The summed E-state index contributed by atoms with van der Waals surface area (Å²) in [7, 11) is 0. The molecule has 0 aliphatic rings. The molecule has 0 bridgehead atoms. The first-order valence-electron chi connectivity index (χ1n) is 6.70. The molecule has 0 aliphatic heterocycles. The summed E-state index contributed by atoms with van der Waals surface area (Å²) in [6, 6.07) is 6.39. The second-order valence-electron chi connectivity index (χ2n) is 5.23. The lowest BCUT2D eigenvalue weighted by molar-refractivity contribution is -0.384. The number of nitro benzene ring substituents is 1. The predicted octanol–water partition coefficient (Wildman–Crippen LogP) is 1.77. The number of nitrogens with one attached hydrogen (secondary N) is 1. The first-order valence-corrected chi connectivity index (χ1v) is 6.70. The maximum absolute atomic E-state index is 10.8. The van der Waals surface area contributed by atoms with Gasteiger partial charge in [-0.2, -0.15) is 0 Å². The van der Waals surface area contributed by atoms with Crippen molar-refractivity contribution in [3.05, 3.63) is 39.9 Å². The van der Waals surface area contributed by atoms with Gasteiger partial charge in [-0.3, -0.25) is 10.1 Å². The average molecular weight is 282 g/mol. The van der Waals surface area contributed by atoms with Crippen LogP contribution in [0, 0.1) is 10.1 Å². The van der Waals surface area contributed by atoms with Gasteiger partial charge in [-0.25, -0.2) is 0 Å². The molecule has 0 aromatic heterocycles. The quantitative estimate of drug-likeness (QED) is 0.499. The number of hydrogen-bond acceptors (Lipinski definition) is 5. The van der Waals surface area contributed by atoms with Crippen molar-refractivity contribution in [1.29, 1.82) is 0 Å². The summed E-state index contributed by atoms with van der Waals surface area (Å²) in [6.45, 7) is 3.44. The minimum atomic E-state index is -1.20. The second-order valence-corrected chi connectivity index (χ2v) is 5.23. The largest absolute Gasteiger partial charge is 0.393 e. The summed E-state index contributed by atoms with van der Waals surface area (Å²) < 4.78 is 0. The van der Waals surface area contributed by atoms with E-state index < -0.39 is 10.5 Å². The Morgan fingerprint density at radius 1 is 1.50 bits per heavy atom. The maximum Gasteiger partial charge on any atom is 0.269 e. The predicted molar refractivity (Wildman–Crippen MR) is 76.5 cm³/mol. The van der Waals surface area contributed by atoms with Crippen LogP contribution in [0.2, 0.25) is 0 Å². The number of hydrogen-bond donors (Lipinski definition) is 3. The SMILES string of the molecule is CCCC(NCC(C)(O)CO)c1cccc([N+](=O)[O-])c1. The number of benzene rings is 1. The Morgan fingerprint density at radius 2 is 2.20 bits per heavy atom. The molecule has 0 fully saturated rings. The van der Waals surface area contributed by atoms with E-state index in [1.165, 1.54) is 13.0 Å². The van der Waals surface area contributed by atoms with Gasteiger partial charge in [0.15, 0.2) is 0 Å². The van der Waals surface area contributed by atoms with E-state index in [9.17, 15) is 15.2 Å². The summed E-state index contributed by atoms with van der Waals surface area (Å²) in [6.07, 6.45) is 1.70. The summed E-state index contributed by atoms with van der Waals surface area (Å²) >= 11 is 0. The molecular weight excluding hydrogens is 260 g/mol. The van der Waals surface area contributed by atoms with Crippen LogP contribution in [0.4, 0.5) is 5.69 Å². The third-order valence-corrected chi connectivity index (χ3v) is 3.13. The molecule has 1 rings (SSSR count). The Kier molecular flexibility index (Phi) is 6.06. The van der Waals surface area contributed by atoms with Crippen LogP contribution in [0.15, 0.2) is 24.3 Å². The van der Waals surface area contributed by atoms with Crippen LogP contribution in [0.5, 0.6) is 0 Å². The molecule has 2 unspecified atom stereocenters. The van der Waals surface area contributed by atoms with Crippen LogP contribution in [-0.4, -0.2) is 33.9 Å². The zero-order valence-electron chi connectivity index (χ0n) is 11.9. The first kappa shape index (κ1) is 16.6. The Labute approximate surface area is 118 Å². The third-order valence-electron chi connectivity index (χ3n) is 3.13. The molecule has 0 saturated heterocycles. The number of rotatable bonds is 8. The standard InChI is InChI=1S/C14H22N2O4/c1-3-5-13(15-9-14(2,18)10-17)11-6-4-7-12(8-11)16(19)20/h4,6-8,13,15,17-18H,3,5,9-10H2,1-2H3. The summed E-state index contributed by atoms with van der Waals surface area (Å²) in [5, 5.41) is 32.8. The van der Waals surface area contributed by atoms with E-state index in [1.807, 2.05) is 13.0 Å². The van der Waals surface area contributed by atoms with E-state index in [1.54, 1.807) is 12.1 Å². The fraction of sp³-hybridized carbons (Fsp3) is 0.571. The Hall–Kier alpha value is -1.50. The van der Waals surface area contributed by atoms with Crippen LogP contribution < -0.4 is 5.32 Å². The van der Waals surface area contributed by atoms with Crippen LogP contribution >= 0.6 is 0 Å². The Balaban J connectivity index is 2.85. The fourth-order valence-corrected chi connectivity index (χ4v) is 1.93. The molecule has 0 aliphatic carbocycles. The average Bonchev–Trinajstić information content (AvgIpc) is 2.43. The van der Waals surface area contributed by atoms with Crippen molar-refractivity contribution in [3.8, 4) is 0 Å². The Morgan fingerprint density at radius 3 is 2.75 bits per heavy atom. The van der Waals surface area contributed by atoms with E-state index in [2.05, 4.69) is 5.32 Å². The highest BCUT2D eigenvalue weighted by Gasteiger charge is 2.21. The van der Waals surface area contributed by atoms with Gasteiger partial charge in [0.2, 0.25) is 0 Å². The number of aliphatic hydroxyl groups excluding tert-OH is 1. The zero-order chi connectivity index (χ0) is 15.2. The molecule has 6 heteroatoms. The lowest BCUT2D eigenvalue weighted by Gasteiger charge is -2.25. The van der Waals surface area contributed by atoms with Crippen molar-refractivity contribution in [2.24, 2.45) is 0 Å². The monoisotopic (exact) mass is 282 g/mol. The summed E-state index contributed by atoms with van der Waals surface area (Å²) in [5.41, 5.74) is -0.332. The van der Waals surface area contributed by atoms with Gasteiger partial charge < -0.3 is 15.5 Å². The Bertz CT molecular complexity index is 449. The topological polar surface area (TPSA) is 95.6 Å². The van der Waals surface area contributed by atoms with Crippen molar-refractivity contribution in [2.45, 2.75) is 38.3 Å². The van der Waals surface area contributed by atoms with E-state index in [4.69, 9.17) is 5.11 Å². The van der Waals surface area contributed by atoms with E-state index in [0.717, 1.165) is 18.4 Å². The smallest absolute Gasteiger partial charge is 0.269 e. The lowest BCUT2D eigenvalue weighted by Crippen LogP contribution is -2.42. The maximum atomic E-state index is 10.8. The molecular formula is C14H22N2O4. The van der Waals surface area contributed by atoms with Gasteiger partial charge in [0.25, 0.3) is 5.69 Å². The molecule has 0 heterocycles. The van der Waals surface area contributed by atoms with Crippen LogP contribution in [0.3, 0.4) is 0 Å². The van der Waals surface area contributed by atoms with Crippen LogP contribution in [0.25, 0.3) is 0 Å². The molecule has 0 spiro atoms. The number of aliphatic hydroxyl groups is 2. The minimum absolute atomic E-state index is 0.0549.